The maximum absolute atomic E-state index is 14.6. The molecule has 3 rings (SSSR count). The molecule has 0 spiro atoms. The van der Waals surface area contributed by atoms with E-state index in [9.17, 15) is 14.0 Å². The van der Waals surface area contributed by atoms with Gasteiger partial charge in [-0.3, -0.25) is 14.5 Å². The molecule has 0 bridgehead atoms. The lowest BCUT2D eigenvalue weighted by molar-refractivity contribution is -0.128. The Labute approximate surface area is 171 Å². The van der Waals surface area contributed by atoms with Gasteiger partial charge in [0.05, 0.1) is 24.4 Å². The summed E-state index contributed by atoms with van der Waals surface area (Å²) in [6.45, 7) is 3.62. The highest BCUT2D eigenvalue weighted by Crippen LogP contribution is 2.35. The van der Waals surface area contributed by atoms with Crippen molar-refractivity contribution in [3.05, 3.63) is 47.7 Å². The molecule has 1 aliphatic heterocycles. The summed E-state index contributed by atoms with van der Waals surface area (Å²) in [6, 6.07) is 4.10. The van der Waals surface area contributed by atoms with Crippen LogP contribution in [0.4, 0.5) is 10.1 Å². The maximum atomic E-state index is 14.6. The zero-order chi connectivity index (χ0) is 21.2. The summed E-state index contributed by atoms with van der Waals surface area (Å²) in [5.41, 5.74) is 5.29. The number of rotatable bonds is 5. The minimum absolute atomic E-state index is 0.0119. The van der Waals surface area contributed by atoms with Gasteiger partial charge in [-0.1, -0.05) is 6.92 Å². The maximum Gasteiger partial charge on any atom is 0.275 e. The highest BCUT2D eigenvalue weighted by atomic mass is 32.2. The Hall–Kier alpha value is -3.01. The first kappa shape index (κ1) is 20.7. The van der Waals surface area contributed by atoms with Crippen LogP contribution < -0.4 is 11.1 Å². The first-order valence-corrected chi connectivity index (χ1v) is 9.90. The topological polar surface area (TPSA) is 114 Å². The number of guanidine groups is 1. The zero-order valence-corrected chi connectivity index (χ0v) is 17.1. The molecule has 10 heteroatoms. The average molecular weight is 416 g/mol. The summed E-state index contributed by atoms with van der Waals surface area (Å²) in [7, 11) is 1.51. The Morgan fingerprint density at radius 1 is 1.38 bits per heavy atom. The van der Waals surface area contributed by atoms with E-state index in [0.717, 1.165) is 10.8 Å². The van der Waals surface area contributed by atoms with Crippen molar-refractivity contribution in [1.82, 2.24) is 14.9 Å². The van der Waals surface area contributed by atoms with E-state index in [4.69, 9.17) is 5.73 Å². The summed E-state index contributed by atoms with van der Waals surface area (Å²) in [5.74, 6) is -0.425. The van der Waals surface area contributed by atoms with Gasteiger partial charge in [-0.15, -0.1) is 11.8 Å². The average Bonchev–Trinajstić information content (AvgIpc) is 2.68. The second-order valence-electron chi connectivity index (χ2n) is 6.70. The molecule has 1 atom stereocenters. The van der Waals surface area contributed by atoms with E-state index in [-0.39, 0.29) is 29.5 Å². The van der Waals surface area contributed by atoms with E-state index in [1.807, 2.05) is 6.92 Å². The molecular formula is C19H21FN6O2S. The van der Waals surface area contributed by atoms with Gasteiger partial charge in [0.15, 0.2) is 5.96 Å². The summed E-state index contributed by atoms with van der Waals surface area (Å²) in [5, 5.41) is 3.40. The smallest absolute Gasteiger partial charge is 0.275 e. The number of aromatic nitrogens is 2. The van der Waals surface area contributed by atoms with E-state index < -0.39 is 17.3 Å². The Morgan fingerprint density at radius 2 is 2.14 bits per heavy atom. The molecule has 0 radical (unpaired) electrons. The molecule has 2 amide bonds. The van der Waals surface area contributed by atoms with Crippen LogP contribution in [0.2, 0.25) is 0 Å². The van der Waals surface area contributed by atoms with Gasteiger partial charge in [0.2, 0.25) is 5.91 Å². The number of nitrogens with two attached hydrogens (primary N) is 1. The van der Waals surface area contributed by atoms with Gasteiger partial charge in [0, 0.05) is 18.3 Å². The van der Waals surface area contributed by atoms with E-state index in [1.165, 1.54) is 54.3 Å². The molecule has 2 heterocycles. The molecule has 3 N–H and O–H groups in total. The van der Waals surface area contributed by atoms with Crippen LogP contribution in [0, 0.1) is 5.82 Å². The van der Waals surface area contributed by atoms with Crippen molar-refractivity contribution in [3.8, 4) is 0 Å². The largest absolute Gasteiger partial charge is 0.369 e. The van der Waals surface area contributed by atoms with Gasteiger partial charge < -0.3 is 11.1 Å². The molecule has 0 fully saturated rings. The Kier molecular flexibility index (Phi) is 5.83. The fourth-order valence-electron chi connectivity index (χ4n) is 2.93. The van der Waals surface area contributed by atoms with Crippen LogP contribution in [0.3, 0.4) is 0 Å². The van der Waals surface area contributed by atoms with Crippen LogP contribution in [-0.2, 0) is 10.3 Å². The van der Waals surface area contributed by atoms with Crippen molar-refractivity contribution in [2.24, 2.45) is 10.7 Å². The number of carbonyl (C=O) groups is 2. The molecule has 1 aromatic carbocycles. The lowest BCUT2D eigenvalue weighted by atomic mass is 9.87. The van der Waals surface area contributed by atoms with Gasteiger partial charge >= 0.3 is 0 Å². The van der Waals surface area contributed by atoms with Crippen LogP contribution in [0.5, 0.6) is 0 Å². The molecule has 1 aromatic heterocycles. The standard InChI is InChI=1S/C19H21FN6O2S/c1-4-29-15-10-22-14(9-23-15)17(28)24-11-5-6-13(20)12(7-11)19(2)8-16(27)26(3)18(21)25-19/h5-7,9-10H,4,8H2,1-3H3,(H2,21,25)(H,24,28). The third-order valence-corrected chi connectivity index (χ3v) is 5.33. The number of anilines is 1. The number of carbonyl (C=O) groups excluding carboxylic acids is 2. The molecule has 152 valence electrons. The number of thioether (sulfide) groups is 1. The van der Waals surface area contributed by atoms with Crippen LogP contribution >= 0.6 is 11.8 Å². The molecule has 8 nitrogen and oxygen atoms in total. The predicted octanol–water partition coefficient (Wildman–Crippen LogP) is 2.37. The zero-order valence-electron chi connectivity index (χ0n) is 16.3. The van der Waals surface area contributed by atoms with E-state index >= 15 is 0 Å². The monoisotopic (exact) mass is 416 g/mol. The van der Waals surface area contributed by atoms with E-state index in [0.29, 0.717) is 5.69 Å². The lowest BCUT2D eigenvalue weighted by Gasteiger charge is -2.34. The highest BCUT2D eigenvalue weighted by molar-refractivity contribution is 7.99. The van der Waals surface area contributed by atoms with Crippen molar-refractivity contribution >= 4 is 35.2 Å². The molecule has 0 saturated heterocycles. The minimum atomic E-state index is -1.17. The number of amides is 2. The number of nitrogens with one attached hydrogen (secondary N) is 1. The third-order valence-electron chi connectivity index (χ3n) is 4.53. The molecule has 0 aliphatic carbocycles. The van der Waals surface area contributed by atoms with E-state index in [2.05, 4.69) is 20.3 Å². The van der Waals surface area contributed by atoms with Crippen molar-refractivity contribution in [3.63, 3.8) is 0 Å². The van der Waals surface area contributed by atoms with Crippen molar-refractivity contribution in [2.45, 2.75) is 30.8 Å². The van der Waals surface area contributed by atoms with Crippen LogP contribution in [0.25, 0.3) is 0 Å². The molecular weight excluding hydrogens is 395 g/mol. The third kappa shape index (κ3) is 4.37. The van der Waals surface area contributed by atoms with Crippen molar-refractivity contribution in [2.75, 3.05) is 18.1 Å². The van der Waals surface area contributed by atoms with Crippen LogP contribution in [0.15, 0.2) is 40.6 Å². The number of hydrogen-bond acceptors (Lipinski definition) is 7. The van der Waals surface area contributed by atoms with Gasteiger partial charge in [-0.05, 0) is 30.9 Å². The molecule has 2 aromatic rings. The quantitative estimate of drug-likeness (QED) is 0.724. The number of hydrogen-bond donors (Lipinski definition) is 2. The normalized spacial score (nSPS) is 19.1. The second-order valence-corrected chi connectivity index (χ2v) is 7.98. The van der Waals surface area contributed by atoms with Gasteiger partial charge in [-0.2, -0.15) is 0 Å². The summed E-state index contributed by atoms with van der Waals surface area (Å²) in [4.78, 5) is 38.5. The molecule has 1 aliphatic rings. The predicted molar refractivity (Wildman–Crippen MR) is 109 cm³/mol. The Bertz CT molecular complexity index is 981. The fraction of sp³-hybridized carbons (Fsp3) is 0.316. The second kappa shape index (κ2) is 8.16. The number of benzene rings is 1. The number of aliphatic imine (C=N–C) groups is 1. The molecule has 0 saturated carbocycles. The number of nitrogens with zero attached hydrogens (tertiary/aromatic N) is 4. The molecule has 29 heavy (non-hydrogen) atoms. The first-order chi connectivity index (χ1) is 13.7. The summed E-state index contributed by atoms with van der Waals surface area (Å²) < 4.78 is 14.6. The Balaban J connectivity index is 1.86. The minimum Gasteiger partial charge on any atom is -0.369 e. The highest BCUT2D eigenvalue weighted by Gasteiger charge is 2.38. The van der Waals surface area contributed by atoms with Crippen LogP contribution in [0.1, 0.15) is 36.3 Å². The van der Waals surface area contributed by atoms with Gasteiger partial charge in [0.25, 0.3) is 5.91 Å². The fourth-order valence-corrected chi connectivity index (χ4v) is 3.48. The first-order valence-electron chi connectivity index (χ1n) is 8.91. The summed E-state index contributed by atoms with van der Waals surface area (Å²) in [6.07, 6.45) is 2.88. The van der Waals surface area contributed by atoms with Gasteiger partial charge in [-0.25, -0.2) is 19.4 Å². The van der Waals surface area contributed by atoms with E-state index in [1.54, 1.807) is 6.92 Å². The van der Waals surface area contributed by atoms with Crippen molar-refractivity contribution in [1.29, 1.82) is 0 Å². The Morgan fingerprint density at radius 3 is 2.76 bits per heavy atom. The lowest BCUT2D eigenvalue weighted by Crippen LogP contribution is -2.47. The SMILES string of the molecule is CCSc1cnc(C(=O)Nc2ccc(F)c(C3(C)CC(=O)N(C)C(N)=N3)c2)cn1. The molecule has 1 unspecified atom stereocenters. The van der Waals surface area contributed by atoms with Gasteiger partial charge in [0.1, 0.15) is 16.5 Å². The van der Waals surface area contributed by atoms with Crippen molar-refractivity contribution < 1.29 is 14.0 Å². The number of halogens is 1. The summed E-state index contributed by atoms with van der Waals surface area (Å²) >= 11 is 1.52. The van der Waals surface area contributed by atoms with Crippen LogP contribution in [-0.4, -0.2) is 45.4 Å².